The van der Waals surface area contributed by atoms with Crippen LogP contribution in [0.5, 0.6) is 0 Å². The van der Waals surface area contributed by atoms with Gasteiger partial charge in [0.1, 0.15) is 54.9 Å². The molecule has 0 spiro atoms. The summed E-state index contributed by atoms with van der Waals surface area (Å²) in [6.07, 6.45) is -21.1. The normalized spacial score (nSPS) is 56.4. The van der Waals surface area contributed by atoms with E-state index in [0.29, 0.717) is 0 Å². The Morgan fingerprint density at radius 2 is 0.935 bits per heavy atom. The van der Waals surface area contributed by atoms with Crippen molar-refractivity contribution in [2.75, 3.05) is 0 Å². The van der Waals surface area contributed by atoms with Gasteiger partial charge < -0.3 is 64.5 Å². The van der Waals surface area contributed by atoms with E-state index in [0.717, 1.165) is 0 Å². The molecular formula is C18H32O13. The third-order valence-corrected chi connectivity index (χ3v) is 5.98. The third-order valence-electron chi connectivity index (χ3n) is 5.98. The Kier molecular flexibility index (Phi) is 7.91. The molecule has 3 saturated heterocycles. The predicted octanol–water partition coefficient (Wildman–Crippen LogP) is -4.49. The third kappa shape index (κ3) is 4.89. The topological polar surface area (TPSA) is 208 Å². The standard InChI is InChI=1S/C18H32O13/c1-4-7(19)10(22)12(24)17(28-4)31-15-11(23)8(20)5(2)29-18(15)30-14-9(21)6(3)27-16(26)13(14)25/h4-26H,1-3H3/t4-,5+,6+,7-,8+,9+,10+,11-,12+,13-,14-,15-,16?,17-,18+/m1/s1. The molecule has 0 saturated carbocycles. The maximum Gasteiger partial charge on any atom is 0.187 e. The van der Waals surface area contributed by atoms with Crippen LogP contribution in [-0.4, -0.2) is 133 Å². The average Bonchev–Trinajstić information content (AvgIpc) is 2.72. The lowest BCUT2D eigenvalue weighted by atomic mass is 9.97. The molecule has 0 radical (unpaired) electrons. The average molecular weight is 456 g/mol. The fourth-order valence-corrected chi connectivity index (χ4v) is 3.87. The van der Waals surface area contributed by atoms with E-state index >= 15 is 0 Å². The van der Waals surface area contributed by atoms with Crippen LogP contribution in [0, 0.1) is 0 Å². The quantitative estimate of drug-likeness (QED) is 0.201. The summed E-state index contributed by atoms with van der Waals surface area (Å²) >= 11 is 0. The molecule has 13 nitrogen and oxygen atoms in total. The van der Waals surface area contributed by atoms with E-state index in [-0.39, 0.29) is 0 Å². The molecule has 15 atom stereocenters. The molecule has 3 fully saturated rings. The summed E-state index contributed by atoms with van der Waals surface area (Å²) in [5.74, 6) is 0. The van der Waals surface area contributed by atoms with Crippen LogP contribution in [0.2, 0.25) is 0 Å². The second-order valence-electron chi connectivity index (χ2n) is 8.29. The van der Waals surface area contributed by atoms with Gasteiger partial charge in [-0.05, 0) is 20.8 Å². The van der Waals surface area contributed by atoms with Crippen LogP contribution in [0.1, 0.15) is 20.8 Å². The van der Waals surface area contributed by atoms with Crippen LogP contribution in [0.15, 0.2) is 0 Å². The lowest BCUT2D eigenvalue weighted by molar-refractivity contribution is -0.382. The minimum absolute atomic E-state index is 0.903. The van der Waals surface area contributed by atoms with Gasteiger partial charge in [-0.1, -0.05) is 0 Å². The summed E-state index contributed by atoms with van der Waals surface area (Å²) in [4.78, 5) is 0. The van der Waals surface area contributed by atoms with E-state index in [1.54, 1.807) is 0 Å². The summed E-state index contributed by atoms with van der Waals surface area (Å²) in [7, 11) is 0. The molecule has 13 heteroatoms. The lowest BCUT2D eigenvalue weighted by Gasteiger charge is -2.47. The molecule has 0 aliphatic carbocycles. The number of hydrogen-bond donors (Lipinski definition) is 8. The Balaban J connectivity index is 1.80. The molecular weight excluding hydrogens is 424 g/mol. The smallest absolute Gasteiger partial charge is 0.187 e. The van der Waals surface area contributed by atoms with Gasteiger partial charge in [0.2, 0.25) is 0 Å². The number of hydrogen-bond acceptors (Lipinski definition) is 13. The predicted molar refractivity (Wildman–Crippen MR) is 97.0 cm³/mol. The van der Waals surface area contributed by atoms with Crippen LogP contribution in [0.4, 0.5) is 0 Å². The molecule has 0 aromatic heterocycles. The van der Waals surface area contributed by atoms with Crippen LogP contribution in [-0.2, 0) is 23.7 Å². The SMILES string of the molecule is C[C@@H]1O[C@@H](O[C@@H]2[C@@H](O)[C@H](C)OC(O)[C@@H]2O)[C@H](O[C@H]2O[C@H](C)[C@@H](O)[C@H](O)[C@@H]2O)[C@H](O)[C@H]1O. The van der Waals surface area contributed by atoms with Crippen molar-refractivity contribution in [2.24, 2.45) is 0 Å². The second kappa shape index (κ2) is 9.77. The molecule has 31 heavy (non-hydrogen) atoms. The van der Waals surface area contributed by atoms with Crippen molar-refractivity contribution in [1.82, 2.24) is 0 Å². The lowest BCUT2D eigenvalue weighted by Crippen LogP contribution is -2.65. The molecule has 8 N–H and O–H groups in total. The maximum absolute atomic E-state index is 10.6. The summed E-state index contributed by atoms with van der Waals surface area (Å²) in [6, 6.07) is 0. The first kappa shape index (κ1) is 25.1. The van der Waals surface area contributed by atoms with Gasteiger partial charge >= 0.3 is 0 Å². The van der Waals surface area contributed by atoms with E-state index in [1.807, 2.05) is 0 Å². The zero-order valence-electron chi connectivity index (χ0n) is 17.3. The van der Waals surface area contributed by atoms with Crippen molar-refractivity contribution >= 4 is 0 Å². The Morgan fingerprint density at radius 1 is 0.452 bits per heavy atom. The van der Waals surface area contributed by atoms with Gasteiger partial charge in [-0.25, -0.2) is 0 Å². The number of aliphatic hydroxyl groups is 8. The minimum Gasteiger partial charge on any atom is -0.388 e. The van der Waals surface area contributed by atoms with Crippen LogP contribution in [0.3, 0.4) is 0 Å². The van der Waals surface area contributed by atoms with Crippen molar-refractivity contribution in [3.63, 3.8) is 0 Å². The van der Waals surface area contributed by atoms with E-state index in [4.69, 9.17) is 23.7 Å². The van der Waals surface area contributed by atoms with Crippen LogP contribution < -0.4 is 0 Å². The summed E-state index contributed by atoms with van der Waals surface area (Å²) in [5.41, 5.74) is 0. The van der Waals surface area contributed by atoms with Gasteiger partial charge in [0, 0.05) is 0 Å². The first-order valence-corrected chi connectivity index (χ1v) is 10.2. The molecule has 1 unspecified atom stereocenters. The molecule has 0 amide bonds. The molecule has 3 aliphatic rings. The second-order valence-corrected chi connectivity index (χ2v) is 8.29. The Hall–Kier alpha value is -0.520. The van der Waals surface area contributed by atoms with Crippen LogP contribution in [0.25, 0.3) is 0 Å². The number of ether oxygens (including phenoxy) is 5. The van der Waals surface area contributed by atoms with Crippen molar-refractivity contribution in [1.29, 1.82) is 0 Å². The van der Waals surface area contributed by atoms with Crippen molar-refractivity contribution < 1.29 is 64.5 Å². The highest BCUT2D eigenvalue weighted by Gasteiger charge is 2.52. The van der Waals surface area contributed by atoms with Crippen molar-refractivity contribution in [2.45, 2.75) is 113 Å². The highest BCUT2D eigenvalue weighted by atomic mass is 16.8. The van der Waals surface area contributed by atoms with Gasteiger partial charge in [-0.3, -0.25) is 0 Å². The molecule has 3 rings (SSSR count). The molecule has 0 bridgehead atoms. The van der Waals surface area contributed by atoms with Gasteiger partial charge in [0.15, 0.2) is 18.9 Å². The van der Waals surface area contributed by atoms with Gasteiger partial charge in [0.05, 0.1) is 18.3 Å². The Morgan fingerprint density at radius 3 is 1.55 bits per heavy atom. The monoisotopic (exact) mass is 456 g/mol. The molecule has 3 aliphatic heterocycles. The largest absolute Gasteiger partial charge is 0.388 e. The minimum atomic E-state index is -1.70. The molecule has 0 aromatic carbocycles. The van der Waals surface area contributed by atoms with E-state index in [2.05, 4.69) is 0 Å². The molecule has 0 aromatic rings. The van der Waals surface area contributed by atoms with Crippen molar-refractivity contribution in [3.8, 4) is 0 Å². The van der Waals surface area contributed by atoms with Crippen LogP contribution >= 0.6 is 0 Å². The van der Waals surface area contributed by atoms with E-state index in [9.17, 15) is 40.9 Å². The summed E-state index contributed by atoms with van der Waals surface area (Å²) < 4.78 is 27.1. The Bertz CT molecular complexity index is 581. The Labute approximate surface area is 178 Å². The van der Waals surface area contributed by atoms with E-state index < -0.39 is 92.1 Å². The molecule has 3 heterocycles. The number of aliphatic hydroxyl groups excluding tert-OH is 8. The van der Waals surface area contributed by atoms with Gasteiger partial charge in [0.25, 0.3) is 0 Å². The van der Waals surface area contributed by atoms with Gasteiger partial charge in [-0.15, -0.1) is 0 Å². The highest BCUT2D eigenvalue weighted by Crippen LogP contribution is 2.32. The maximum atomic E-state index is 10.6. The highest BCUT2D eigenvalue weighted by molar-refractivity contribution is 4.94. The van der Waals surface area contributed by atoms with Crippen molar-refractivity contribution in [3.05, 3.63) is 0 Å². The summed E-state index contributed by atoms with van der Waals surface area (Å²) in [6.45, 7) is 4.34. The number of rotatable bonds is 4. The first-order chi connectivity index (χ1) is 14.4. The zero-order valence-corrected chi connectivity index (χ0v) is 17.3. The zero-order chi connectivity index (χ0) is 23.2. The summed E-state index contributed by atoms with van der Waals surface area (Å²) in [5, 5.41) is 81.1. The fourth-order valence-electron chi connectivity index (χ4n) is 3.87. The fraction of sp³-hybridized carbons (Fsp3) is 1.00. The van der Waals surface area contributed by atoms with E-state index in [1.165, 1.54) is 20.8 Å². The first-order valence-electron chi connectivity index (χ1n) is 10.2. The van der Waals surface area contributed by atoms with Gasteiger partial charge in [-0.2, -0.15) is 0 Å². The molecule has 182 valence electrons.